The maximum Gasteiger partial charge on any atom is 0.416 e. The minimum absolute atomic E-state index is 0.0442. The van der Waals surface area contributed by atoms with Crippen molar-refractivity contribution < 1.29 is 35.5 Å². The van der Waals surface area contributed by atoms with Gasteiger partial charge in [-0.05, 0) is 70.0 Å². The molecule has 0 radical (unpaired) electrons. The molecule has 5 rings (SSSR count). The highest BCUT2D eigenvalue weighted by molar-refractivity contribution is 7.85. The van der Waals surface area contributed by atoms with Gasteiger partial charge in [-0.1, -0.05) is 92.7 Å². The maximum atomic E-state index is 13.4. The fraction of sp³-hybridized carbons (Fsp3) is 0.243. The second kappa shape index (κ2) is 13.8. The van der Waals surface area contributed by atoms with Gasteiger partial charge in [0.25, 0.3) is 16.0 Å². The summed E-state index contributed by atoms with van der Waals surface area (Å²) in [5, 5.41) is 6.90. The third kappa shape index (κ3) is 8.78. The van der Waals surface area contributed by atoms with Gasteiger partial charge >= 0.3 is 6.18 Å². The summed E-state index contributed by atoms with van der Waals surface area (Å²) < 4.78 is 76.7. The fourth-order valence-corrected chi connectivity index (χ4v) is 5.71. The van der Waals surface area contributed by atoms with Crippen molar-refractivity contribution in [2.24, 2.45) is 0 Å². The quantitative estimate of drug-likeness (QED) is 0.144. The van der Waals surface area contributed by atoms with Crippen molar-refractivity contribution in [2.75, 3.05) is 12.3 Å². The zero-order valence-corrected chi connectivity index (χ0v) is 27.4. The van der Waals surface area contributed by atoms with Crippen molar-refractivity contribution in [1.29, 1.82) is 0 Å². The van der Waals surface area contributed by atoms with Crippen LogP contribution in [-0.2, 0) is 28.1 Å². The van der Waals surface area contributed by atoms with Crippen LogP contribution in [0.1, 0.15) is 65.0 Å². The number of hydrogen-bond donors (Lipinski definition) is 2. The summed E-state index contributed by atoms with van der Waals surface area (Å²) in [6.07, 6.45) is -3.94. The number of nitrogens with zero attached hydrogens (tertiary/aromatic N) is 1. The van der Waals surface area contributed by atoms with Crippen LogP contribution in [0.2, 0.25) is 0 Å². The first-order valence-electron chi connectivity index (χ1n) is 15.2. The van der Waals surface area contributed by atoms with Crippen molar-refractivity contribution in [2.45, 2.75) is 44.7 Å². The number of carbonyl (C=O) groups is 1. The molecule has 250 valence electrons. The van der Waals surface area contributed by atoms with E-state index in [9.17, 15) is 26.4 Å². The molecule has 0 spiro atoms. The number of carbonyl (C=O) groups excluding carboxylic acids is 1. The standard InChI is InChI=1S/C37H35F3N2O5S/c1-36(2,3)30-16-14-25(15-17-30)32(20-24-10-12-26(13-11-24)35(43)41-18-19-48(44,45)46)33-23-34(47-42-33)29-8-4-6-27(21-29)28-7-5-9-31(22-28)37(38,39)40/h4-17,21-23,32H,18-20H2,1-3H3,(H,41,43)(H,44,45,46). The molecule has 7 nitrogen and oxygen atoms in total. The predicted octanol–water partition coefficient (Wildman–Crippen LogP) is 8.32. The van der Waals surface area contributed by atoms with Gasteiger partial charge in [0, 0.05) is 29.7 Å². The Labute approximate surface area is 277 Å². The predicted molar refractivity (Wildman–Crippen MR) is 178 cm³/mol. The summed E-state index contributed by atoms with van der Waals surface area (Å²) in [5.74, 6) is -0.820. The van der Waals surface area contributed by atoms with E-state index in [4.69, 9.17) is 9.08 Å². The van der Waals surface area contributed by atoms with Gasteiger partial charge in [-0.2, -0.15) is 21.6 Å². The Hall–Kier alpha value is -4.74. The first-order valence-corrected chi connectivity index (χ1v) is 16.9. The summed E-state index contributed by atoms with van der Waals surface area (Å²) in [4.78, 5) is 12.5. The number of aromatic nitrogens is 1. The van der Waals surface area contributed by atoms with Crippen molar-refractivity contribution >= 4 is 16.0 Å². The largest absolute Gasteiger partial charge is 0.416 e. The molecule has 0 saturated carbocycles. The van der Waals surface area contributed by atoms with E-state index in [2.05, 4.69) is 55.5 Å². The molecule has 0 aliphatic heterocycles. The van der Waals surface area contributed by atoms with Crippen LogP contribution in [-0.4, -0.2) is 36.3 Å². The molecule has 1 heterocycles. The lowest BCUT2D eigenvalue weighted by Gasteiger charge is -2.21. The van der Waals surface area contributed by atoms with E-state index in [0.717, 1.165) is 23.3 Å². The highest BCUT2D eigenvalue weighted by Gasteiger charge is 2.30. The molecule has 5 aromatic rings. The van der Waals surface area contributed by atoms with Gasteiger partial charge in [-0.25, -0.2) is 0 Å². The Balaban J connectivity index is 1.42. The van der Waals surface area contributed by atoms with Crippen LogP contribution in [0.3, 0.4) is 0 Å². The molecular formula is C37H35F3N2O5S. The first kappa shape index (κ1) is 34.6. The van der Waals surface area contributed by atoms with Gasteiger partial charge in [0.05, 0.1) is 17.0 Å². The molecular weight excluding hydrogens is 641 g/mol. The molecule has 0 aliphatic rings. The highest BCUT2D eigenvalue weighted by Crippen LogP contribution is 2.36. The Bertz CT molecular complexity index is 2000. The number of rotatable bonds is 10. The summed E-state index contributed by atoms with van der Waals surface area (Å²) >= 11 is 0. The smallest absolute Gasteiger partial charge is 0.356 e. The average Bonchev–Trinajstić information content (AvgIpc) is 3.53. The van der Waals surface area contributed by atoms with Crippen molar-refractivity contribution in [3.8, 4) is 22.5 Å². The lowest BCUT2D eigenvalue weighted by Crippen LogP contribution is -2.28. The lowest BCUT2D eigenvalue weighted by molar-refractivity contribution is -0.137. The minimum Gasteiger partial charge on any atom is -0.356 e. The Kier molecular flexibility index (Phi) is 9.93. The normalized spacial score (nSPS) is 12.9. The lowest BCUT2D eigenvalue weighted by atomic mass is 9.83. The van der Waals surface area contributed by atoms with Gasteiger partial charge in [0.1, 0.15) is 0 Å². The van der Waals surface area contributed by atoms with E-state index in [1.165, 1.54) is 11.6 Å². The topological polar surface area (TPSA) is 110 Å². The monoisotopic (exact) mass is 676 g/mol. The minimum atomic E-state index is -4.45. The van der Waals surface area contributed by atoms with Gasteiger partial charge in [0.2, 0.25) is 0 Å². The van der Waals surface area contributed by atoms with E-state index in [1.54, 1.807) is 36.4 Å². The van der Waals surface area contributed by atoms with Crippen LogP contribution in [0.4, 0.5) is 13.2 Å². The van der Waals surface area contributed by atoms with E-state index in [-0.39, 0.29) is 17.9 Å². The number of amides is 1. The molecule has 2 N–H and O–H groups in total. The second-order valence-corrected chi connectivity index (χ2v) is 14.2. The molecule has 0 aliphatic carbocycles. The van der Waals surface area contributed by atoms with E-state index >= 15 is 0 Å². The molecule has 0 bridgehead atoms. The number of alkyl halides is 3. The molecule has 1 amide bonds. The highest BCUT2D eigenvalue weighted by atomic mass is 32.2. The maximum absolute atomic E-state index is 13.4. The third-order valence-electron chi connectivity index (χ3n) is 8.04. The number of benzene rings is 4. The molecule has 1 atom stereocenters. The molecule has 11 heteroatoms. The Morgan fingerprint density at radius 1 is 0.833 bits per heavy atom. The van der Waals surface area contributed by atoms with Crippen molar-refractivity contribution in [1.82, 2.24) is 10.5 Å². The molecule has 48 heavy (non-hydrogen) atoms. The van der Waals surface area contributed by atoms with E-state index < -0.39 is 33.5 Å². The van der Waals surface area contributed by atoms with Gasteiger partial charge < -0.3 is 9.84 Å². The zero-order chi connectivity index (χ0) is 34.7. The van der Waals surface area contributed by atoms with Gasteiger partial charge in [-0.3, -0.25) is 9.35 Å². The van der Waals surface area contributed by atoms with Crippen molar-refractivity contribution in [3.05, 3.63) is 137 Å². The molecule has 0 fully saturated rings. The zero-order valence-electron chi connectivity index (χ0n) is 26.6. The number of halogens is 3. The summed E-state index contributed by atoms with van der Waals surface area (Å²) in [5.41, 5.74) is 4.99. The molecule has 4 aromatic carbocycles. The van der Waals surface area contributed by atoms with Crippen LogP contribution in [0.15, 0.2) is 108 Å². The van der Waals surface area contributed by atoms with Crippen molar-refractivity contribution in [3.63, 3.8) is 0 Å². The van der Waals surface area contributed by atoms with Crippen LogP contribution in [0.25, 0.3) is 22.5 Å². The Morgan fingerprint density at radius 2 is 1.46 bits per heavy atom. The van der Waals surface area contributed by atoms with Gasteiger partial charge in [0.15, 0.2) is 5.76 Å². The summed E-state index contributed by atoms with van der Waals surface area (Å²) in [7, 11) is -4.19. The molecule has 1 unspecified atom stereocenters. The van der Waals surface area contributed by atoms with Crippen LogP contribution in [0, 0.1) is 0 Å². The number of hydrogen-bond acceptors (Lipinski definition) is 5. The van der Waals surface area contributed by atoms with E-state index in [0.29, 0.717) is 40.1 Å². The summed E-state index contributed by atoms with van der Waals surface area (Å²) in [6.45, 7) is 6.19. The SMILES string of the molecule is CC(C)(C)c1ccc(C(Cc2ccc(C(=O)NCCS(=O)(=O)O)cc2)c2cc(-c3cccc(-c4cccc(C(F)(F)F)c4)c3)on2)cc1. The van der Waals surface area contributed by atoms with Crippen LogP contribution < -0.4 is 5.32 Å². The summed E-state index contributed by atoms with van der Waals surface area (Å²) in [6, 6.07) is 29.3. The Morgan fingerprint density at radius 3 is 2.08 bits per heavy atom. The average molecular weight is 677 g/mol. The second-order valence-electron chi connectivity index (χ2n) is 12.6. The van der Waals surface area contributed by atoms with Crippen LogP contribution >= 0.6 is 0 Å². The third-order valence-corrected chi connectivity index (χ3v) is 8.76. The number of nitrogens with one attached hydrogen (secondary N) is 1. The first-order chi connectivity index (χ1) is 22.6. The fourth-order valence-electron chi connectivity index (χ4n) is 5.35. The molecule has 0 saturated heterocycles. The van der Waals surface area contributed by atoms with E-state index in [1.807, 2.05) is 24.3 Å². The van der Waals surface area contributed by atoms with Crippen LogP contribution in [0.5, 0.6) is 0 Å². The molecule has 1 aromatic heterocycles. The van der Waals surface area contributed by atoms with Gasteiger partial charge in [-0.15, -0.1) is 0 Å².